The summed E-state index contributed by atoms with van der Waals surface area (Å²) in [5.41, 5.74) is 0.301. The summed E-state index contributed by atoms with van der Waals surface area (Å²) in [6.45, 7) is 4.83. The van der Waals surface area contributed by atoms with E-state index in [1.165, 1.54) is 19.1 Å². The van der Waals surface area contributed by atoms with Crippen molar-refractivity contribution in [2.75, 3.05) is 5.32 Å². The number of rotatable bonds is 5. The molecule has 1 aromatic carbocycles. The third-order valence-electron chi connectivity index (χ3n) is 2.66. The molecule has 0 aliphatic carbocycles. The SMILES string of the molecule is CC(=O)NC(C(=O)Nc1ccc(OC(F)(F)F)cc1)C(C)C. The molecular weight excluding hydrogens is 301 g/mol. The molecule has 0 saturated heterocycles. The van der Waals surface area contributed by atoms with Gasteiger partial charge in [0.2, 0.25) is 11.8 Å². The summed E-state index contributed by atoms with van der Waals surface area (Å²) in [6.07, 6.45) is -4.76. The van der Waals surface area contributed by atoms with Gasteiger partial charge in [-0.2, -0.15) is 0 Å². The Labute approximate surface area is 125 Å². The van der Waals surface area contributed by atoms with Gasteiger partial charge in [0.1, 0.15) is 11.8 Å². The van der Waals surface area contributed by atoms with Crippen LogP contribution in [0, 0.1) is 5.92 Å². The lowest BCUT2D eigenvalue weighted by Crippen LogP contribution is -2.46. The molecule has 0 aromatic heterocycles. The molecule has 1 atom stereocenters. The molecule has 5 nitrogen and oxygen atoms in total. The number of carbonyl (C=O) groups is 2. The van der Waals surface area contributed by atoms with Gasteiger partial charge in [0.15, 0.2) is 0 Å². The fourth-order valence-electron chi connectivity index (χ4n) is 1.71. The van der Waals surface area contributed by atoms with Crippen LogP contribution in [-0.2, 0) is 9.59 Å². The lowest BCUT2D eigenvalue weighted by Gasteiger charge is -2.21. The minimum Gasteiger partial charge on any atom is -0.406 e. The van der Waals surface area contributed by atoms with Crippen LogP contribution in [0.1, 0.15) is 20.8 Å². The number of nitrogens with one attached hydrogen (secondary N) is 2. The van der Waals surface area contributed by atoms with Crippen LogP contribution < -0.4 is 15.4 Å². The quantitative estimate of drug-likeness (QED) is 0.877. The third-order valence-corrected chi connectivity index (χ3v) is 2.66. The van der Waals surface area contributed by atoms with E-state index in [2.05, 4.69) is 15.4 Å². The topological polar surface area (TPSA) is 67.4 Å². The number of halogens is 3. The van der Waals surface area contributed by atoms with Crippen LogP contribution in [0.15, 0.2) is 24.3 Å². The molecule has 2 amide bonds. The lowest BCUT2D eigenvalue weighted by molar-refractivity contribution is -0.274. The van der Waals surface area contributed by atoms with Crippen LogP contribution in [-0.4, -0.2) is 24.2 Å². The Bertz CT molecular complexity index is 527. The summed E-state index contributed by atoms with van der Waals surface area (Å²) < 4.78 is 39.8. The molecule has 8 heteroatoms. The zero-order chi connectivity index (χ0) is 16.9. The lowest BCUT2D eigenvalue weighted by atomic mass is 10.0. The summed E-state index contributed by atoms with van der Waals surface area (Å²) in [5.74, 6) is -1.32. The molecule has 1 rings (SSSR count). The smallest absolute Gasteiger partial charge is 0.406 e. The maximum absolute atomic E-state index is 12.1. The van der Waals surface area contributed by atoms with Crippen LogP contribution in [0.2, 0.25) is 0 Å². The molecule has 122 valence electrons. The predicted octanol–water partition coefficient (Wildman–Crippen LogP) is 2.68. The van der Waals surface area contributed by atoms with Crippen LogP contribution in [0.25, 0.3) is 0 Å². The molecule has 0 bridgehead atoms. The summed E-state index contributed by atoms with van der Waals surface area (Å²) in [5, 5.41) is 5.05. The normalized spacial score (nSPS) is 12.7. The zero-order valence-electron chi connectivity index (χ0n) is 12.3. The number of amides is 2. The predicted molar refractivity (Wildman–Crippen MR) is 74.2 cm³/mol. The van der Waals surface area contributed by atoms with E-state index in [1.807, 2.05) is 0 Å². The molecule has 0 fully saturated rings. The second-order valence-electron chi connectivity index (χ2n) is 4.98. The van der Waals surface area contributed by atoms with Crippen molar-refractivity contribution in [2.45, 2.75) is 33.2 Å². The number of hydrogen-bond acceptors (Lipinski definition) is 3. The Kier molecular flexibility index (Phi) is 5.78. The van der Waals surface area contributed by atoms with Crippen molar-refractivity contribution in [3.8, 4) is 5.75 Å². The van der Waals surface area contributed by atoms with Gasteiger partial charge in [0.05, 0.1) is 0 Å². The van der Waals surface area contributed by atoms with Gasteiger partial charge >= 0.3 is 6.36 Å². The molecule has 22 heavy (non-hydrogen) atoms. The number of ether oxygens (including phenoxy) is 1. The largest absolute Gasteiger partial charge is 0.573 e. The summed E-state index contributed by atoms with van der Waals surface area (Å²) >= 11 is 0. The second kappa shape index (κ2) is 7.15. The first-order chi connectivity index (χ1) is 10.1. The molecule has 1 unspecified atom stereocenters. The maximum Gasteiger partial charge on any atom is 0.573 e. The van der Waals surface area contributed by atoms with Crippen LogP contribution >= 0.6 is 0 Å². The van der Waals surface area contributed by atoms with Crippen molar-refractivity contribution < 1.29 is 27.5 Å². The zero-order valence-corrected chi connectivity index (χ0v) is 12.3. The van der Waals surface area contributed by atoms with Crippen LogP contribution in [0.5, 0.6) is 5.75 Å². The van der Waals surface area contributed by atoms with E-state index in [9.17, 15) is 22.8 Å². The van der Waals surface area contributed by atoms with Crippen molar-refractivity contribution in [3.05, 3.63) is 24.3 Å². The number of carbonyl (C=O) groups excluding carboxylic acids is 2. The average Bonchev–Trinajstić information content (AvgIpc) is 2.36. The Morgan fingerprint density at radius 2 is 1.68 bits per heavy atom. The number of benzene rings is 1. The first kappa shape index (κ1) is 17.8. The minimum atomic E-state index is -4.76. The maximum atomic E-state index is 12.1. The highest BCUT2D eigenvalue weighted by Crippen LogP contribution is 2.24. The minimum absolute atomic E-state index is 0.142. The molecule has 0 spiro atoms. The van der Waals surface area contributed by atoms with Crippen molar-refractivity contribution in [2.24, 2.45) is 5.92 Å². The number of anilines is 1. The van der Waals surface area contributed by atoms with Gasteiger partial charge < -0.3 is 15.4 Å². The van der Waals surface area contributed by atoms with E-state index in [4.69, 9.17) is 0 Å². The summed E-state index contributed by atoms with van der Waals surface area (Å²) in [6, 6.07) is 4.01. The Morgan fingerprint density at radius 1 is 1.14 bits per heavy atom. The second-order valence-corrected chi connectivity index (χ2v) is 4.98. The molecule has 0 heterocycles. The highest BCUT2D eigenvalue weighted by Gasteiger charge is 2.31. The third kappa shape index (κ3) is 6.02. The Hall–Kier alpha value is -2.25. The van der Waals surface area contributed by atoms with E-state index in [-0.39, 0.29) is 17.6 Å². The standard InChI is InChI=1S/C14H17F3N2O3/c1-8(2)12(18-9(3)20)13(21)19-10-4-6-11(7-5-10)22-14(15,16)17/h4-8,12H,1-3H3,(H,18,20)(H,19,21). The van der Waals surface area contributed by atoms with Crippen molar-refractivity contribution in [3.63, 3.8) is 0 Å². The molecule has 2 N–H and O–H groups in total. The monoisotopic (exact) mass is 318 g/mol. The highest BCUT2D eigenvalue weighted by atomic mass is 19.4. The van der Waals surface area contributed by atoms with E-state index >= 15 is 0 Å². The van der Waals surface area contributed by atoms with Crippen molar-refractivity contribution in [1.29, 1.82) is 0 Å². The first-order valence-electron chi connectivity index (χ1n) is 6.52. The van der Waals surface area contributed by atoms with Gasteiger partial charge in [-0.15, -0.1) is 13.2 Å². The van der Waals surface area contributed by atoms with Crippen molar-refractivity contribution >= 4 is 17.5 Å². The molecule has 1 aromatic rings. The van der Waals surface area contributed by atoms with Gasteiger partial charge in [-0.1, -0.05) is 13.8 Å². The molecular formula is C14H17F3N2O3. The van der Waals surface area contributed by atoms with Crippen LogP contribution in [0.3, 0.4) is 0 Å². The van der Waals surface area contributed by atoms with Crippen LogP contribution in [0.4, 0.5) is 18.9 Å². The summed E-state index contributed by atoms with van der Waals surface area (Å²) in [7, 11) is 0. The molecule has 0 aliphatic heterocycles. The fourth-order valence-corrected chi connectivity index (χ4v) is 1.71. The van der Waals surface area contributed by atoms with E-state index < -0.39 is 18.3 Å². The Morgan fingerprint density at radius 3 is 2.09 bits per heavy atom. The van der Waals surface area contributed by atoms with Gasteiger partial charge in [-0.3, -0.25) is 9.59 Å². The van der Waals surface area contributed by atoms with E-state index in [1.54, 1.807) is 13.8 Å². The molecule has 0 radical (unpaired) electrons. The van der Waals surface area contributed by atoms with Gasteiger partial charge in [0, 0.05) is 12.6 Å². The summed E-state index contributed by atoms with van der Waals surface area (Å²) in [4.78, 5) is 23.1. The molecule has 0 saturated carbocycles. The number of alkyl halides is 3. The van der Waals surface area contributed by atoms with E-state index in [0.29, 0.717) is 5.69 Å². The van der Waals surface area contributed by atoms with Gasteiger partial charge in [-0.05, 0) is 30.2 Å². The van der Waals surface area contributed by atoms with Crippen molar-refractivity contribution in [1.82, 2.24) is 5.32 Å². The average molecular weight is 318 g/mol. The number of hydrogen-bond donors (Lipinski definition) is 2. The van der Waals surface area contributed by atoms with Gasteiger partial charge in [0.25, 0.3) is 0 Å². The fraction of sp³-hybridized carbons (Fsp3) is 0.429. The van der Waals surface area contributed by atoms with E-state index in [0.717, 1.165) is 12.1 Å². The molecule has 0 aliphatic rings. The van der Waals surface area contributed by atoms with Gasteiger partial charge in [-0.25, -0.2) is 0 Å². The first-order valence-corrected chi connectivity index (χ1v) is 6.52. The highest BCUT2D eigenvalue weighted by molar-refractivity contribution is 5.97. The Balaban J connectivity index is 2.73.